The topological polar surface area (TPSA) is 98.8 Å². The van der Waals surface area contributed by atoms with Crippen LogP contribution in [0, 0.1) is 5.92 Å². The maximum atomic E-state index is 12.8. The standard InChI is InChI=1S/C32H48O9/c1-6-7-8-9-24-21-27(29-25-20-23(2)10-11-26(25)32(3,4)41-28(29)22-24)40-31(34)30(33)39-19-18-38-17-16-37-15-14-36-13-12-35-5/h20-22,25-26H,6-19H2,1-5H3/t25?,26-/m1/s1. The van der Waals surface area contributed by atoms with Gasteiger partial charge in [0.15, 0.2) is 0 Å². The SMILES string of the molecule is CCCCCc1cc(OC(=O)C(=O)OCCOCCOCCOCCOC)c2c(c1)OC(C)(C)[C@@H]1CCC(C)=CC21. The van der Waals surface area contributed by atoms with Gasteiger partial charge in [-0.1, -0.05) is 31.4 Å². The van der Waals surface area contributed by atoms with Crippen molar-refractivity contribution in [3.63, 3.8) is 0 Å². The lowest BCUT2D eigenvalue weighted by Crippen LogP contribution is -2.45. The Balaban J connectivity index is 1.56. The summed E-state index contributed by atoms with van der Waals surface area (Å²) in [4.78, 5) is 25.3. The zero-order valence-corrected chi connectivity index (χ0v) is 25.5. The molecule has 1 aromatic carbocycles. The second-order valence-corrected chi connectivity index (χ2v) is 11.2. The van der Waals surface area contributed by atoms with E-state index in [4.69, 9.17) is 33.2 Å². The van der Waals surface area contributed by atoms with Crippen molar-refractivity contribution in [2.45, 2.75) is 77.7 Å². The summed E-state index contributed by atoms with van der Waals surface area (Å²) in [5.74, 6) is -0.715. The molecule has 1 unspecified atom stereocenters. The fourth-order valence-electron chi connectivity index (χ4n) is 5.45. The molecule has 3 rings (SSSR count). The predicted octanol–water partition coefficient (Wildman–Crippen LogP) is 5.18. The predicted molar refractivity (Wildman–Crippen MR) is 155 cm³/mol. The van der Waals surface area contributed by atoms with E-state index in [2.05, 4.69) is 39.8 Å². The first kappa shape index (κ1) is 33.0. The number of methoxy groups -OCH3 is 1. The third-order valence-corrected chi connectivity index (χ3v) is 7.59. The number of aryl methyl sites for hydroxylation is 1. The van der Waals surface area contributed by atoms with Crippen LogP contribution in [0.1, 0.15) is 76.8 Å². The molecule has 0 saturated carbocycles. The Morgan fingerprint density at radius 3 is 2.24 bits per heavy atom. The van der Waals surface area contributed by atoms with Crippen molar-refractivity contribution in [2.75, 3.05) is 60.0 Å². The number of benzene rings is 1. The Hall–Kier alpha value is -2.46. The monoisotopic (exact) mass is 576 g/mol. The minimum atomic E-state index is -1.05. The van der Waals surface area contributed by atoms with E-state index in [0.29, 0.717) is 45.4 Å². The first-order chi connectivity index (χ1) is 19.8. The van der Waals surface area contributed by atoms with Crippen molar-refractivity contribution in [2.24, 2.45) is 5.92 Å². The molecule has 41 heavy (non-hydrogen) atoms. The lowest BCUT2D eigenvalue weighted by Gasteiger charge is -2.46. The lowest BCUT2D eigenvalue weighted by atomic mass is 9.68. The molecule has 0 bridgehead atoms. The van der Waals surface area contributed by atoms with E-state index in [-0.39, 0.29) is 30.7 Å². The summed E-state index contributed by atoms with van der Waals surface area (Å²) in [6.45, 7) is 11.4. The average Bonchev–Trinajstić information content (AvgIpc) is 2.93. The number of carbonyl (C=O) groups is 2. The summed E-state index contributed by atoms with van der Waals surface area (Å²) in [6.07, 6.45) is 8.33. The van der Waals surface area contributed by atoms with E-state index < -0.39 is 11.9 Å². The van der Waals surface area contributed by atoms with Crippen LogP contribution in [0.2, 0.25) is 0 Å². The summed E-state index contributed by atoms with van der Waals surface area (Å²) in [5, 5.41) is 0. The minimum absolute atomic E-state index is 0.0403. The van der Waals surface area contributed by atoms with Crippen molar-refractivity contribution < 1.29 is 42.7 Å². The molecule has 1 aliphatic heterocycles. The number of unbranched alkanes of at least 4 members (excludes halogenated alkanes) is 2. The zero-order valence-electron chi connectivity index (χ0n) is 25.5. The molecular weight excluding hydrogens is 528 g/mol. The third kappa shape index (κ3) is 10.1. The van der Waals surface area contributed by atoms with Crippen LogP contribution in [-0.4, -0.2) is 77.5 Å². The van der Waals surface area contributed by atoms with Gasteiger partial charge in [0.1, 0.15) is 23.7 Å². The molecule has 9 nitrogen and oxygen atoms in total. The Morgan fingerprint density at radius 2 is 1.59 bits per heavy atom. The fraction of sp³-hybridized carbons (Fsp3) is 0.688. The van der Waals surface area contributed by atoms with Crippen LogP contribution >= 0.6 is 0 Å². The van der Waals surface area contributed by atoms with Crippen LogP contribution in [0.3, 0.4) is 0 Å². The van der Waals surface area contributed by atoms with Gasteiger partial charge in [0.05, 0.1) is 46.2 Å². The Morgan fingerprint density at radius 1 is 0.927 bits per heavy atom. The van der Waals surface area contributed by atoms with Crippen LogP contribution in [0.15, 0.2) is 23.8 Å². The van der Waals surface area contributed by atoms with E-state index >= 15 is 0 Å². The number of allylic oxidation sites excluding steroid dienone is 2. The summed E-state index contributed by atoms with van der Waals surface area (Å²) in [5.41, 5.74) is 2.80. The number of rotatable bonds is 17. The Labute approximate surface area is 244 Å². The number of esters is 2. The molecule has 0 saturated heterocycles. The van der Waals surface area contributed by atoms with Crippen LogP contribution in [0.25, 0.3) is 0 Å². The highest BCUT2D eigenvalue weighted by Crippen LogP contribution is 2.53. The highest BCUT2D eigenvalue weighted by Gasteiger charge is 2.45. The van der Waals surface area contributed by atoms with Crippen molar-refractivity contribution in [1.82, 2.24) is 0 Å². The largest absolute Gasteiger partial charge is 0.487 e. The van der Waals surface area contributed by atoms with E-state index in [1.807, 2.05) is 6.07 Å². The Kier molecular flexibility index (Phi) is 13.6. The summed E-state index contributed by atoms with van der Waals surface area (Å²) < 4.78 is 38.4. The molecule has 1 aliphatic carbocycles. The lowest BCUT2D eigenvalue weighted by molar-refractivity contribution is -0.163. The van der Waals surface area contributed by atoms with Gasteiger partial charge in [0, 0.05) is 24.5 Å². The van der Waals surface area contributed by atoms with Gasteiger partial charge in [-0.05, 0) is 64.2 Å². The highest BCUT2D eigenvalue weighted by molar-refractivity contribution is 6.30. The maximum absolute atomic E-state index is 12.8. The first-order valence-corrected chi connectivity index (χ1v) is 14.9. The van der Waals surface area contributed by atoms with Gasteiger partial charge in [0.2, 0.25) is 0 Å². The molecule has 230 valence electrons. The summed E-state index contributed by atoms with van der Waals surface area (Å²) >= 11 is 0. The fourth-order valence-corrected chi connectivity index (χ4v) is 5.45. The molecular formula is C32H48O9. The number of ether oxygens (including phenoxy) is 7. The zero-order chi connectivity index (χ0) is 29.7. The number of hydrogen-bond donors (Lipinski definition) is 0. The van der Waals surface area contributed by atoms with Gasteiger partial charge in [0.25, 0.3) is 0 Å². The molecule has 9 heteroatoms. The molecule has 0 aromatic heterocycles. The number of hydrogen-bond acceptors (Lipinski definition) is 9. The van der Waals surface area contributed by atoms with E-state index in [1.165, 1.54) is 5.57 Å². The molecule has 1 aromatic rings. The van der Waals surface area contributed by atoms with Crippen LogP contribution in [-0.2, 0) is 39.7 Å². The molecule has 0 fully saturated rings. The van der Waals surface area contributed by atoms with Gasteiger partial charge in [-0.2, -0.15) is 0 Å². The van der Waals surface area contributed by atoms with Gasteiger partial charge in [-0.25, -0.2) is 9.59 Å². The van der Waals surface area contributed by atoms with Crippen molar-refractivity contribution in [1.29, 1.82) is 0 Å². The molecule has 0 spiro atoms. The molecule has 1 heterocycles. The van der Waals surface area contributed by atoms with E-state index in [0.717, 1.165) is 55.4 Å². The van der Waals surface area contributed by atoms with E-state index in [1.54, 1.807) is 7.11 Å². The Bertz CT molecular complexity index is 1020. The van der Waals surface area contributed by atoms with Crippen molar-refractivity contribution in [3.05, 3.63) is 34.9 Å². The number of carbonyl (C=O) groups excluding carboxylic acids is 2. The van der Waals surface area contributed by atoms with Gasteiger partial charge >= 0.3 is 11.9 Å². The normalized spacial score (nSPS) is 19.0. The molecule has 0 radical (unpaired) electrons. The second-order valence-electron chi connectivity index (χ2n) is 11.2. The maximum Gasteiger partial charge on any atom is 0.422 e. The molecule has 0 amide bonds. The molecule has 2 atom stereocenters. The average molecular weight is 577 g/mol. The van der Waals surface area contributed by atoms with Gasteiger partial charge in [-0.15, -0.1) is 0 Å². The van der Waals surface area contributed by atoms with Gasteiger partial charge in [-0.3, -0.25) is 0 Å². The molecule has 0 N–H and O–H groups in total. The van der Waals surface area contributed by atoms with E-state index in [9.17, 15) is 9.59 Å². The van der Waals surface area contributed by atoms with Crippen LogP contribution in [0.5, 0.6) is 11.5 Å². The third-order valence-electron chi connectivity index (χ3n) is 7.59. The summed E-state index contributed by atoms with van der Waals surface area (Å²) in [7, 11) is 1.62. The van der Waals surface area contributed by atoms with Gasteiger partial charge < -0.3 is 33.2 Å². The van der Waals surface area contributed by atoms with Crippen molar-refractivity contribution in [3.8, 4) is 11.5 Å². The first-order valence-electron chi connectivity index (χ1n) is 14.9. The quantitative estimate of drug-likeness (QED) is 0.0817. The smallest absolute Gasteiger partial charge is 0.422 e. The molecule has 2 aliphatic rings. The van der Waals surface area contributed by atoms with Crippen LogP contribution in [0.4, 0.5) is 0 Å². The van der Waals surface area contributed by atoms with Crippen LogP contribution < -0.4 is 9.47 Å². The minimum Gasteiger partial charge on any atom is -0.487 e. The number of fused-ring (bicyclic) bond motifs is 3. The van der Waals surface area contributed by atoms with Crippen molar-refractivity contribution >= 4 is 11.9 Å². The summed E-state index contributed by atoms with van der Waals surface area (Å²) in [6, 6.07) is 3.97. The second kappa shape index (κ2) is 16.9. The highest BCUT2D eigenvalue weighted by atomic mass is 16.6.